The zero-order chi connectivity index (χ0) is 13.8. The fourth-order valence-corrected chi connectivity index (χ4v) is 1.86. The Balaban J connectivity index is 2.19. The van der Waals surface area contributed by atoms with Gasteiger partial charge in [-0.15, -0.1) is 0 Å². The number of hydrogen-bond acceptors (Lipinski definition) is 2. The molecule has 19 heavy (non-hydrogen) atoms. The van der Waals surface area contributed by atoms with Gasteiger partial charge in [-0.2, -0.15) is 5.26 Å². The van der Waals surface area contributed by atoms with Gasteiger partial charge in [0.05, 0.1) is 17.3 Å². The van der Waals surface area contributed by atoms with Crippen molar-refractivity contribution in [3.05, 3.63) is 64.7 Å². The molecule has 0 aliphatic carbocycles. The van der Waals surface area contributed by atoms with Crippen LogP contribution >= 0.6 is 0 Å². The molecule has 1 N–H and O–H groups in total. The average Bonchev–Trinajstić information content (AvgIpc) is 2.37. The Morgan fingerprint density at radius 1 is 1.21 bits per heavy atom. The molecule has 0 aliphatic heterocycles. The third kappa shape index (κ3) is 3.08. The molecule has 0 atom stereocenters. The minimum Gasteiger partial charge on any atom is -0.378 e. The number of halogens is 2. The summed E-state index contributed by atoms with van der Waals surface area (Å²) in [6.07, 6.45) is 0. The number of anilines is 1. The number of hydrogen-bond donors (Lipinski definition) is 1. The molecule has 2 aromatic carbocycles. The van der Waals surface area contributed by atoms with Crippen molar-refractivity contribution in [1.29, 1.82) is 5.26 Å². The third-order valence-electron chi connectivity index (χ3n) is 2.78. The van der Waals surface area contributed by atoms with Gasteiger partial charge in [0, 0.05) is 6.54 Å². The summed E-state index contributed by atoms with van der Waals surface area (Å²) in [5, 5.41) is 11.7. The van der Waals surface area contributed by atoms with E-state index in [1.165, 1.54) is 12.1 Å². The van der Waals surface area contributed by atoms with Crippen molar-refractivity contribution in [2.75, 3.05) is 5.32 Å². The molecule has 0 bridgehead atoms. The molecule has 4 heteroatoms. The summed E-state index contributed by atoms with van der Waals surface area (Å²) in [4.78, 5) is 0. The number of benzene rings is 2. The highest BCUT2D eigenvalue weighted by molar-refractivity contribution is 5.52. The lowest BCUT2D eigenvalue weighted by Crippen LogP contribution is -2.04. The van der Waals surface area contributed by atoms with E-state index in [1.54, 1.807) is 25.1 Å². The van der Waals surface area contributed by atoms with Crippen LogP contribution in [0.2, 0.25) is 0 Å². The number of aryl methyl sites for hydroxylation is 1. The zero-order valence-electron chi connectivity index (χ0n) is 10.4. The number of nitrogens with zero attached hydrogens (tertiary/aromatic N) is 1. The van der Waals surface area contributed by atoms with Gasteiger partial charge in [0.15, 0.2) is 0 Å². The molecular formula is C15H12F2N2. The molecule has 0 amide bonds. The van der Waals surface area contributed by atoms with Gasteiger partial charge in [-0.05, 0) is 42.3 Å². The molecule has 96 valence electrons. The fraction of sp³-hybridized carbons (Fsp3) is 0.133. The van der Waals surface area contributed by atoms with Crippen molar-refractivity contribution in [3.63, 3.8) is 0 Å². The van der Waals surface area contributed by atoms with Gasteiger partial charge in [-0.3, -0.25) is 0 Å². The maximum Gasteiger partial charge on any atom is 0.146 e. The van der Waals surface area contributed by atoms with Gasteiger partial charge in [0.1, 0.15) is 11.6 Å². The van der Waals surface area contributed by atoms with Gasteiger partial charge in [-0.25, -0.2) is 8.78 Å². The van der Waals surface area contributed by atoms with E-state index in [2.05, 4.69) is 5.32 Å². The van der Waals surface area contributed by atoms with Gasteiger partial charge in [0.2, 0.25) is 0 Å². The Morgan fingerprint density at radius 3 is 2.68 bits per heavy atom. The van der Waals surface area contributed by atoms with Crippen molar-refractivity contribution >= 4 is 5.69 Å². The first kappa shape index (κ1) is 13.0. The predicted molar refractivity (Wildman–Crippen MR) is 69.6 cm³/mol. The highest BCUT2D eigenvalue weighted by Gasteiger charge is 2.06. The highest BCUT2D eigenvalue weighted by Crippen LogP contribution is 2.20. The van der Waals surface area contributed by atoms with E-state index in [0.717, 1.165) is 11.6 Å². The second-order valence-corrected chi connectivity index (χ2v) is 4.25. The Bertz CT molecular complexity index is 625. The van der Waals surface area contributed by atoms with Crippen molar-refractivity contribution in [2.45, 2.75) is 13.5 Å². The van der Waals surface area contributed by atoms with Crippen LogP contribution in [0.15, 0.2) is 36.4 Å². The normalized spacial score (nSPS) is 10.0. The first-order chi connectivity index (χ1) is 9.10. The van der Waals surface area contributed by atoms with Crippen molar-refractivity contribution in [1.82, 2.24) is 0 Å². The van der Waals surface area contributed by atoms with Gasteiger partial charge in [-0.1, -0.05) is 12.1 Å². The summed E-state index contributed by atoms with van der Waals surface area (Å²) in [6.45, 7) is 2.05. The molecule has 2 aromatic rings. The van der Waals surface area contributed by atoms with Gasteiger partial charge in [0.25, 0.3) is 0 Å². The van der Waals surface area contributed by atoms with Crippen molar-refractivity contribution < 1.29 is 8.78 Å². The highest BCUT2D eigenvalue weighted by atomic mass is 19.1. The smallest absolute Gasteiger partial charge is 0.146 e. The zero-order valence-corrected chi connectivity index (χ0v) is 10.4. The minimum atomic E-state index is -0.471. The molecule has 0 unspecified atom stereocenters. The van der Waals surface area contributed by atoms with Crippen LogP contribution in [0, 0.1) is 29.9 Å². The van der Waals surface area contributed by atoms with Crippen LogP contribution in [0.3, 0.4) is 0 Å². The summed E-state index contributed by atoms with van der Waals surface area (Å²) >= 11 is 0. The van der Waals surface area contributed by atoms with Gasteiger partial charge >= 0.3 is 0 Å². The van der Waals surface area contributed by atoms with E-state index < -0.39 is 5.82 Å². The van der Waals surface area contributed by atoms with Crippen LogP contribution in [0.25, 0.3) is 0 Å². The predicted octanol–water partition coefficient (Wildman–Crippen LogP) is 3.76. The SMILES string of the molecule is Cc1cccc(F)c1NCc1cc(F)cc(C#N)c1. The number of para-hydroxylation sites is 1. The van der Waals surface area contributed by atoms with E-state index >= 15 is 0 Å². The minimum absolute atomic E-state index is 0.252. The lowest BCUT2D eigenvalue weighted by Gasteiger charge is -2.10. The summed E-state index contributed by atoms with van der Waals surface area (Å²) in [5.74, 6) is -0.821. The molecule has 0 saturated heterocycles. The van der Waals surface area contributed by atoms with E-state index in [9.17, 15) is 8.78 Å². The van der Waals surface area contributed by atoms with E-state index in [-0.39, 0.29) is 17.9 Å². The lowest BCUT2D eigenvalue weighted by molar-refractivity contribution is 0.624. The second-order valence-electron chi connectivity index (χ2n) is 4.25. The van der Waals surface area contributed by atoms with Crippen LogP contribution in [0.5, 0.6) is 0 Å². The summed E-state index contributed by atoms with van der Waals surface area (Å²) < 4.78 is 26.8. The summed E-state index contributed by atoms with van der Waals surface area (Å²) in [5.41, 5.74) is 2.02. The second kappa shape index (κ2) is 5.49. The molecule has 2 rings (SSSR count). The third-order valence-corrected chi connectivity index (χ3v) is 2.78. The quantitative estimate of drug-likeness (QED) is 0.909. The molecule has 0 fully saturated rings. The van der Waals surface area contributed by atoms with Crippen LogP contribution in [0.1, 0.15) is 16.7 Å². The van der Waals surface area contributed by atoms with E-state index in [4.69, 9.17) is 5.26 Å². The van der Waals surface area contributed by atoms with E-state index in [0.29, 0.717) is 11.3 Å². The fourth-order valence-electron chi connectivity index (χ4n) is 1.86. The summed E-state index contributed by atoms with van der Waals surface area (Å²) in [7, 11) is 0. The Morgan fingerprint density at radius 2 is 2.00 bits per heavy atom. The van der Waals surface area contributed by atoms with Crippen molar-refractivity contribution in [2.24, 2.45) is 0 Å². The Kier molecular flexibility index (Phi) is 3.76. The van der Waals surface area contributed by atoms with Crippen LogP contribution in [-0.2, 0) is 6.54 Å². The first-order valence-corrected chi connectivity index (χ1v) is 5.78. The maximum absolute atomic E-state index is 13.6. The molecule has 0 aliphatic rings. The molecule has 2 nitrogen and oxygen atoms in total. The van der Waals surface area contributed by atoms with Crippen molar-refractivity contribution in [3.8, 4) is 6.07 Å². The average molecular weight is 258 g/mol. The topological polar surface area (TPSA) is 35.8 Å². The number of nitriles is 1. The summed E-state index contributed by atoms with van der Waals surface area (Å²) in [6, 6.07) is 10.7. The molecule has 0 saturated carbocycles. The molecule has 0 spiro atoms. The Hall–Kier alpha value is -2.41. The molecule has 0 heterocycles. The number of nitrogens with one attached hydrogen (secondary N) is 1. The first-order valence-electron chi connectivity index (χ1n) is 5.78. The molecule has 0 radical (unpaired) electrons. The molecular weight excluding hydrogens is 246 g/mol. The standard InChI is InChI=1S/C15H12F2N2/c1-10-3-2-4-14(17)15(10)19-9-12-5-11(8-18)6-13(16)7-12/h2-7,19H,9H2,1H3. The Labute approximate surface area is 110 Å². The monoisotopic (exact) mass is 258 g/mol. The molecule has 0 aromatic heterocycles. The number of rotatable bonds is 3. The van der Waals surface area contributed by atoms with Crippen LogP contribution in [0.4, 0.5) is 14.5 Å². The van der Waals surface area contributed by atoms with Gasteiger partial charge < -0.3 is 5.32 Å². The van der Waals surface area contributed by atoms with E-state index in [1.807, 2.05) is 6.07 Å². The van der Waals surface area contributed by atoms with Crippen LogP contribution < -0.4 is 5.32 Å². The van der Waals surface area contributed by atoms with Crippen LogP contribution in [-0.4, -0.2) is 0 Å². The largest absolute Gasteiger partial charge is 0.378 e. The lowest BCUT2D eigenvalue weighted by atomic mass is 10.1. The maximum atomic E-state index is 13.6.